The fourth-order valence-electron chi connectivity index (χ4n) is 2.46. The monoisotopic (exact) mass is 277 g/mol. The highest BCUT2D eigenvalue weighted by molar-refractivity contribution is 5.77. The van der Waals surface area contributed by atoms with Gasteiger partial charge in [0, 0.05) is 13.1 Å². The molecule has 1 heterocycles. The Kier molecular flexibility index (Phi) is 4.65. The molecule has 1 aliphatic rings. The lowest BCUT2D eigenvalue weighted by molar-refractivity contribution is -0.133. The molecule has 0 spiro atoms. The SMILES string of the molecule is Cc1ccccc1OCC(=O)N1CCCC(C)(O)CC1. The number of aliphatic hydroxyl groups is 1. The zero-order valence-electron chi connectivity index (χ0n) is 12.3. The van der Waals surface area contributed by atoms with Crippen LogP contribution in [0.25, 0.3) is 0 Å². The molecule has 0 saturated carbocycles. The first-order chi connectivity index (χ1) is 9.48. The van der Waals surface area contributed by atoms with E-state index in [0.717, 1.165) is 24.2 Å². The first-order valence-corrected chi connectivity index (χ1v) is 7.16. The van der Waals surface area contributed by atoms with E-state index in [-0.39, 0.29) is 12.5 Å². The standard InChI is InChI=1S/C16H23NO3/c1-13-6-3-4-7-14(13)20-12-15(18)17-10-5-8-16(2,19)9-11-17/h3-4,6-7,19H,5,8-12H2,1-2H3. The van der Waals surface area contributed by atoms with Crippen molar-refractivity contribution in [1.29, 1.82) is 0 Å². The Balaban J connectivity index is 1.87. The molecular formula is C16H23NO3. The minimum absolute atomic E-state index is 0.00838. The van der Waals surface area contributed by atoms with Gasteiger partial charge in [0.25, 0.3) is 5.91 Å². The van der Waals surface area contributed by atoms with Gasteiger partial charge in [-0.2, -0.15) is 0 Å². The van der Waals surface area contributed by atoms with E-state index in [2.05, 4.69) is 0 Å². The zero-order chi connectivity index (χ0) is 14.6. The fourth-order valence-corrected chi connectivity index (χ4v) is 2.46. The molecule has 0 radical (unpaired) electrons. The van der Waals surface area contributed by atoms with Gasteiger partial charge in [-0.25, -0.2) is 0 Å². The number of carbonyl (C=O) groups excluding carboxylic acids is 1. The summed E-state index contributed by atoms with van der Waals surface area (Å²) < 4.78 is 5.59. The van der Waals surface area contributed by atoms with E-state index in [0.29, 0.717) is 19.5 Å². The number of hydrogen-bond acceptors (Lipinski definition) is 3. The second-order valence-electron chi connectivity index (χ2n) is 5.79. The number of aryl methyl sites for hydroxylation is 1. The van der Waals surface area contributed by atoms with E-state index in [1.807, 2.05) is 38.1 Å². The van der Waals surface area contributed by atoms with E-state index in [4.69, 9.17) is 4.74 Å². The summed E-state index contributed by atoms with van der Waals surface area (Å²) in [6.07, 6.45) is 2.21. The van der Waals surface area contributed by atoms with Crippen LogP contribution in [-0.4, -0.2) is 41.2 Å². The average molecular weight is 277 g/mol. The van der Waals surface area contributed by atoms with Crippen molar-refractivity contribution >= 4 is 5.91 Å². The van der Waals surface area contributed by atoms with Crippen molar-refractivity contribution in [1.82, 2.24) is 4.90 Å². The van der Waals surface area contributed by atoms with Crippen LogP contribution in [0.3, 0.4) is 0 Å². The molecule has 110 valence electrons. The molecule has 1 atom stereocenters. The Morgan fingerprint density at radius 2 is 2.10 bits per heavy atom. The van der Waals surface area contributed by atoms with E-state index in [9.17, 15) is 9.90 Å². The fraction of sp³-hybridized carbons (Fsp3) is 0.562. The molecule has 1 aromatic rings. The summed E-state index contributed by atoms with van der Waals surface area (Å²) in [6, 6.07) is 7.68. The first-order valence-electron chi connectivity index (χ1n) is 7.16. The highest BCUT2D eigenvalue weighted by atomic mass is 16.5. The smallest absolute Gasteiger partial charge is 0.260 e. The van der Waals surface area contributed by atoms with Crippen LogP contribution in [0.4, 0.5) is 0 Å². The number of rotatable bonds is 3. The van der Waals surface area contributed by atoms with Gasteiger partial charge in [0.2, 0.25) is 0 Å². The van der Waals surface area contributed by atoms with Crippen molar-refractivity contribution < 1.29 is 14.6 Å². The summed E-state index contributed by atoms with van der Waals surface area (Å²) in [5.41, 5.74) is 0.380. The van der Waals surface area contributed by atoms with Crippen LogP contribution in [0.2, 0.25) is 0 Å². The third-order valence-corrected chi connectivity index (χ3v) is 3.86. The van der Waals surface area contributed by atoms with Gasteiger partial charge in [0.15, 0.2) is 6.61 Å². The van der Waals surface area contributed by atoms with E-state index in [1.54, 1.807) is 4.90 Å². The highest BCUT2D eigenvalue weighted by Crippen LogP contribution is 2.22. The second-order valence-corrected chi connectivity index (χ2v) is 5.79. The van der Waals surface area contributed by atoms with Crippen LogP contribution in [0.5, 0.6) is 5.75 Å². The lowest BCUT2D eigenvalue weighted by atomic mass is 9.98. The van der Waals surface area contributed by atoms with Crippen LogP contribution < -0.4 is 4.74 Å². The molecule has 1 aliphatic heterocycles. The van der Waals surface area contributed by atoms with Gasteiger partial charge in [-0.15, -0.1) is 0 Å². The Labute approximate surface area is 120 Å². The lowest BCUT2D eigenvalue weighted by Gasteiger charge is -2.22. The van der Waals surface area contributed by atoms with Crippen LogP contribution in [0.15, 0.2) is 24.3 Å². The van der Waals surface area contributed by atoms with Crippen molar-refractivity contribution in [2.45, 2.75) is 38.7 Å². The van der Waals surface area contributed by atoms with Gasteiger partial charge in [-0.3, -0.25) is 4.79 Å². The Morgan fingerprint density at radius 3 is 2.85 bits per heavy atom. The Morgan fingerprint density at radius 1 is 1.35 bits per heavy atom. The minimum Gasteiger partial charge on any atom is -0.484 e. The molecule has 1 unspecified atom stereocenters. The second kappa shape index (κ2) is 6.27. The molecule has 0 aliphatic carbocycles. The largest absolute Gasteiger partial charge is 0.484 e. The number of amides is 1. The van der Waals surface area contributed by atoms with E-state index < -0.39 is 5.60 Å². The van der Waals surface area contributed by atoms with E-state index in [1.165, 1.54) is 0 Å². The normalized spacial score (nSPS) is 23.2. The van der Waals surface area contributed by atoms with Gasteiger partial charge < -0.3 is 14.7 Å². The third kappa shape index (κ3) is 3.97. The Bertz CT molecular complexity index is 471. The van der Waals surface area contributed by atoms with Crippen molar-refractivity contribution in [2.24, 2.45) is 0 Å². The van der Waals surface area contributed by atoms with Crippen LogP contribution in [0.1, 0.15) is 31.7 Å². The summed E-state index contributed by atoms with van der Waals surface area (Å²) in [6.45, 7) is 5.16. The van der Waals surface area contributed by atoms with Gasteiger partial charge >= 0.3 is 0 Å². The molecule has 4 heteroatoms. The summed E-state index contributed by atoms with van der Waals surface area (Å²) in [5.74, 6) is 0.744. The van der Waals surface area contributed by atoms with Gasteiger partial charge in [-0.05, 0) is 44.7 Å². The topological polar surface area (TPSA) is 49.8 Å². The molecule has 20 heavy (non-hydrogen) atoms. The summed E-state index contributed by atoms with van der Waals surface area (Å²) in [5, 5.41) is 10.0. The summed E-state index contributed by atoms with van der Waals surface area (Å²) in [4.78, 5) is 14.0. The first kappa shape index (κ1) is 14.9. The van der Waals surface area contributed by atoms with Gasteiger partial charge in [0.05, 0.1) is 5.60 Å². The van der Waals surface area contributed by atoms with Crippen molar-refractivity contribution in [3.8, 4) is 5.75 Å². The number of para-hydroxylation sites is 1. The molecule has 1 fully saturated rings. The van der Waals surface area contributed by atoms with Crippen LogP contribution >= 0.6 is 0 Å². The third-order valence-electron chi connectivity index (χ3n) is 3.86. The molecule has 1 N–H and O–H groups in total. The average Bonchev–Trinajstić information content (AvgIpc) is 2.58. The molecule has 0 bridgehead atoms. The summed E-state index contributed by atoms with van der Waals surface area (Å²) >= 11 is 0. The molecular weight excluding hydrogens is 254 g/mol. The number of hydrogen-bond donors (Lipinski definition) is 1. The quantitative estimate of drug-likeness (QED) is 0.921. The van der Waals surface area contributed by atoms with Crippen LogP contribution in [-0.2, 0) is 4.79 Å². The zero-order valence-corrected chi connectivity index (χ0v) is 12.3. The molecule has 0 aromatic heterocycles. The number of benzene rings is 1. The molecule has 1 aromatic carbocycles. The van der Waals surface area contributed by atoms with Crippen molar-refractivity contribution in [3.63, 3.8) is 0 Å². The maximum atomic E-state index is 12.2. The van der Waals surface area contributed by atoms with Crippen LogP contribution in [0, 0.1) is 6.92 Å². The van der Waals surface area contributed by atoms with Crippen molar-refractivity contribution in [3.05, 3.63) is 29.8 Å². The maximum Gasteiger partial charge on any atom is 0.260 e. The number of carbonyl (C=O) groups is 1. The highest BCUT2D eigenvalue weighted by Gasteiger charge is 2.27. The predicted molar refractivity (Wildman–Crippen MR) is 77.7 cm³/mol. The van der Waals surface area contributed by atoms with Gasteiger partial charge in [-0.1, -0.05) is 18.2 Å². The number of ether oxygens (including phenoxy) is 1. The Hall–Kier alpha value is -1.55. The summed E-state index contributed by atoms with van der Waals surface area (Å²) in [7, 11) is 0. The molecule has 4 nitrogen and oxygen atoms in total. The van der Waals surface area contributed by atoms with E-state index >= 15 is 0 Å². The molecule has 1 amide bonds. The van der Waals surface area contributed by atoms with Gasteiger partial charge in [0.1, 0.15) is 5.75 Å². The maximum absolute atomic E-state index is 12.2. The number of nitrogens with zero attached hydrogens (tertiary/aromatic N) is 1. The molecule has 1 saturated heterocycles. The number of likely N-dealkylation sites (tertiary alicyclic amines) is 1. The van der Waals surface area contributed by atoms with Crippen molar-refractivity contribution in [2.75, 3.05) is 19.7 Å². The molecule has 2 rings (SSSR count). The minimum atomic E-state index is -0.647. The lowest BCUT2D eigenvalue weighted by Crippen LogP contribution is -2.36. The predicted octanol–water partition coefficient (Wildman–Crippen LogP) is 2.14.